The lowest BCUT2D eigenvalue weighted by Crippen LogP contribution is -2.48. The molecule has 0 saturated carbocycles. The number of carbonyl (C=O) groups excluding carboxylic acids is 1. The molecule has 1 rings (SSSR count). The smallest absolute Gasteiger partial charge is 0.184 e. The summed E-state index contributed by atoms with van der Waals surface area (Å²) in [4.78, 5) is 10.3. The maximum Gasteiger partial charge on any atom is 0.184 e. The second kappa shape index (κ2) is 16.9. The van der Waals surface area contributed by atoms with Gasteiger partial charge in [-0.25, -0.2) is 0 Å². The van der Waals surface area contributed by atoms with Crippen LogP contribution < -0.4 is 5.11 Å². The molecule has 1 heterocycles. The molecule has 0 amide bonds. The molecule has 30 heavy (non-hydrogen) atoms. The summed E-state index contributed by atoms with van der Waals surface area (Å²) >= 11 is 0. The van der Waals surface area contributed by atoms with Crippen molar-refractivity contribution in [3.8, 4) is 0 Å². The highest BCUT2D eigenvalue weighted by Gasteiger charge is 2.35. The predicted molar refractivity (Wildman–Crippen MR) is 116 cm³/mol. The molecule has 0 spiro atoms. The lowest BCUT2D eigenvalue weighted by atomic mass is 10.0. The van der Waals surface area contributed by atoms with E-state index in [0.29, 0.717) is 6.42 Å². The zero-order valence-corrected chi connectivity index (χ0v) is 19.2. The van der Waals surface area contributed by atoms with Crippen LogP contribution in [0, 0.1) is 0 Å². The summed E-state index contributed by atoms with van der Waals surface area (Å²) in [5, 5.41) is 30.0. The molecule has 2 N–H and O–H groups in total. The van der Waals surface area contributed by atoms with Crippen LogP contribution >= 0.6 is 0 Å². The first-order valence-corrected chi connectivity index (χ1v) is 12.3. The Bertz CT molecular complexity index is 430. The number of carboxylic acid groups (broad SMARTS) is 1. The highest BCUT2D eigenvalue weighted by Crippen LogP contribution is 2.23. The molecular formula is C24H45O6-. The van der Waals surface area contributed by atoms with E-state index in [1.54, 1.807) is 6.92 Å². The lowest BCUT2D eigenvalue weighted by Gasteiger charge is -2.36. The largest absolute Gasteiger partial charge is 0.550 e. The van der Waals surface area contributed by atoms with Crippen LogP contribution in [0.5, 0.6) is 0 Å². The monoisotopic (exact) mass is 429 g/mol. The van der Waals surface area contributed by atoms with Crippen molar-refractivity contribution in [1.29, 1.82) is 0 Å². The molecule has 0 radical (unpaired) electrons. The Kier molecular flexibility index (Phi) is 15.4. The van der Waals surface area contributed by atoms with E-state index >= 15 is 0 Å². The first-order chi connectivity index (χ1) is 14.4. The maximum atomic E-state index is 10.3. The molecule has 178 valence electrons. The minimum atomic E-state index is -0.928. The van der Waals surface area contributed by atoms with Crippen molar-refractivity contribution in [3.05, 3.63) is 0 Å². The van der Waals surface area contributed by atoms with Crippen molar-refractivity contribution in [2.75, 3.05) is 0 Å². The second-order valence-corrected chi connectivity index (χ2v) is 9.03. The van der Waals surface area contributed by atoms with E-state index in [1.807, 2.05) is 6.92 Å². The Labute approximate surface area is 183 Å². The molecule has 5 atom stereocenters. The molecule has 0 bridgehead atoms. The topological polar surface area (TPSA) is 99.1 Å². The Hall–Kier alpha value is -0.690. The number of aliphatic carboxylic acids is 1. The van der Waals surface area contributed by atoms with Gasteiger partial charge in [0.05, 0.1) is 18.3 Å². The molecule has 0 unspecified atom stereocenters. The van der Waals surface area contributed by atoms with E-state index < -0.39 is 24.5 Å². The van der Waals surface area contributed by atoms with Crippen molar-refractivity contribution in [1.82, 2.24) is 0 Å². The molecule has 6 heteroatoms. The molecule has 0 aromatic heterocycles. The van der Waals surface area contributed by atoms with Gasteiger partial charge in [0.2, 0.25) is 0 Å². The van der Waals surface area contributed by atoms with Gasteiger partial charge in [-0.15, -0.1) is 0 Å². The van der Waals surface area contributed by atoms with Gasteiger partial charge in [0, 0.05) is 12.4 Å². The Balaban J connectivity index is 1.84. The fourth-order valence-corrected chi connectivity index (χ4v) is 4.01. The number of aliphatic hydroxyl groups excluding tert-OH is 2. The van der Waals surface area contributed by atoms with Crippen LogP contribution in [0.1, 0.15) is 117 Å². The van der Waals surface area contributed by atoms with Gasteiger partial charge < -0.3 is 29.6 Å². The van der Waals surface area contributed by atoms with Gasteiger partial charge in [-0.3, -0.25) is 0 Å². The van der Waals surface area contributed by atoms with E-state index in [9.17, 15) is 20.1 Å². The van der Waals surface area contributed by atoms with Gasteiger partial charge in [-0.2, -0.15) is 0 Å². The van der Waals surface area contributed by atoms with Gasteiger partial charge in [0.25, 0.3) is 0 Å². The molecular weight excluding hydrogens is 384 g/mol. The summed E-state index contributed by atoms with van der Waals surface area (Å²) in [6, 6.07) is 0. The quantitative estimate of drug-likeness (QED) is 0.321. The average Bonchev–Trinajstić information content (AvgIpc) is 2.68. The van der Waals surface area contributed by atoms with Gasteiger partial charge in [0.1, 0.15) is 6.10 Å². The number of aliphatic hydroxyl groups is 2. The zero-order valence-electron chi connectivity index (χ0n) is 19.2. The van der Waals surface area contributed by atoms with E-state index in [-0.39, 0.29) is 18.6 Å². The van der Waals surface area contributed by atoms with Crippen molar-refractivity contribution in [2.45, 2.75) is 147 Å². The first kappa shape index (κ1) is 27.3. The van der Waals surface area contributed by atoms with Crippen molar-refractivity contribution in [2.24, 2.45) is 0 Å². The van der Waals surface area contributed by atoms with Gasteiger partial charge in [-0.05, 0) is 33.1 Å². The number of ether oxygens (including phenoxy) is 2. The van der Waals surface area contributed by atoms with E-state index in [2.05, 4.69) is 0 Å². The third kappa shape index (κ3) is 13.6. The Morgan fingerprint density at radius 3 is 1.87 bits per heavy atom. The lowest BCUT2D eigenvalue weighted by molar-refractivity contribution is -0.305. The minimum Gasteiger partial charge on any atom is -0.550 e. The van der Waals surface area contributed by atoms with Gasteiger partial charge >= 0.3 is 0 Å². The highest BCUT2D eigenvalue weighted by molar-refractivity contribution is 5.63. The van der Waals surface area contributed by atoms with Crippen LogP contribution in [0.3, 0.4) is 0 Å². The van der Waals surface area contributed by atoms with Crippen LogP contribution in [0.15, 0.2) is 0 Å². The summed E-state index contributed by atoms with van der Waals surface area (Å²) in [5.74, 6) is -0.928. The molecule has 1 aliphatic heterocycles. The molecule has 1 saturated heterocycles. The number of hydrogen-bond donors (Lipinski definition) is 2. The normalized spacial score (nSPS) is 25.3. The number of hydrogen-bond acceptors (Lipinski definition) is 6. The number of carboxylic acids is 1. The number of carbonyl (C=O) groups is 1. The summed E-state index contributed by atoms with van der Waals surface area (Å²) in [6.45, 7) is 3.83. The van der Waals surface area contributed by atoms with Crippen LogP contribution in [-0.4, -0.2) is 46.9 Å². The molecule has 6 nitrogen and oxygen atoms in total. The number of rotatable bonds is 18. The van der Waals surface area contributed by atoms with Crippen LogP contribution in [0.25, 0.3) is 0 Å². The average molecular weight is 430 g/mol. The predicted octanol–water partition coefficient (Wildman–Crippen LogP) is 3.85. The fourth-order valence-electron chi connectivity index (χ4n) is 4.01. The van der Waals surface area contributed by atoms with E-state index in [1.165, 1.54) is 57.8 Å². The first-order valence-electron chi connectivity index (χ1n) is 12.3. The fraction of sp³-hybridized carbons (Fsp3) is 0.958. The molecule has 0 aromatic carbocycles. The van der Waals surface area contributed by atoms with Crippen molar-refractivity contribution < 1.29 is 29.6 Å². The van der Waals surface area contributed by atoms with Crippen molar-refractivity contribution >= 4 is 5.97 Å². The van der Waals surface area contributed by atoms with Crippen molar-refractivity contribution in [3.63, 3.8) is 0 Å². The third-order valence-electron chi connectivity index (χ3n) is 6.05. The maximum absolute atomic E-state index is 10.3. The second-order valence-electron chi connectivity index (χ2n) is 9.03. The summed E-state index contributed by atoms with van der Waals surface area (Å²) in [6.07, 6.45) is 14.7. The van der Waals surface area contributed by atoms with E-state index in [4.69, 9.17) is 9.47 Å². The SMILES string of the molecule is C[C@H](CCCCCCCCCCCCCCCC(=O)[O-])O[C@@H]1O[C@@H](C)[C@H](O)C[C@H]1O. The summed E-state index contributed by atoms with van der Waals surface area (Å²) in [7, 11) is 0. The third-order valence-corrected chi connectivity index (χ3v) is 6.05. The minimum absolute atomic E-state index is 0.0490. The van der Waals surface area contributed by atoms with Gasteiger partial charge in [-0.1, -0.05) is 77.0 Å². The van der Waals surface area contributed by atoms with E-state index in [0.717, 1.165) is 32.1 Å². The summed E-state index contributed by atoms with van der Waals surface area (Å²) in [5.41, 5.74) is 0. The van der Waals surface area contributed by atoms with Crippen LogP contribution in [0.4, 0.5) is 0 Å². The molecule has 0 aromatic rings. The molecule has 1 aliphatic rings. The van der Waals surface area contributed by atoms with Gasteiger partial charge in [0.15, 0.2) is 6.29 Å². The Morgan fingerprint density at radius 2 is 1.37 bits per heavy atom. The van der Waals surface area contributed by atoms with Crippen LogP contribution in [0.2, 0.25) is 0 Å². The molecule has 1 fully saturated rings. The Morgan fingerprint density at radius 1 is 0.900 bits per heavy atom. The standard InChI is InChI=1S/C24H46O6/c1-19(29-24-22(26)18-21(25)20(2)30-24)16-14-12-10-8-6-4-3-5-7-9-11-13-15-17-23(27)28/h19-22,24-26H,3-18H2,1-2H3,(H,27,28)/p-1/t19-,20+,21-,22-,24-/m1/s1. The number of unbranched alkanes of at least 4 members (excludes halogenated alkanes) is 12. The van der Waals surface area contributed by atoms with Crippen LogP contribution in [-0.2, 0) is 14.3 Å². The highest BCUT2D eigenvalue weighted by atomic mass is 16.7. The molecule has 0 aliphatic carbocycles. The zero-order chi connectivity index (χ0) is 22.2. The summed E-state index contributed by atoms with van der Waals surface area (Å²) < 4.78 is 11.4.